The summed E-state index contributed by atoms with van der Waals surface area (Å²) in [5.74, 6) is -2.32. The van der Waals surface area contributed by atoms with Crippen molar-refractivity contribution in [2.45, 2.75) is 34.6 Å². The van der Waals surface area contributed by atoms with Gasteiger partial charge in [0.2, 0.25) is 5.82 Å². The molecule has 2 aromatic carbocycles. The summed E-state index contributed by atoms with van der Waals surface area (Å²) in [6.07, 6.45) is 0. The normalized spacial score (nSPS) is 10.5. The monoisotopic (exact) mass is 388 g/mol. The molecule has 1 amide bonds. The van der Waals surface area contributed by atoms with E-state index >= 15 is 0 Å². The lowest BCUT2D eigenvalue weighted by atomic mass is 9.90. The third-order valence-electron chi connectivity index (χ3n) is 4.97. The van der Waals surface area contributed by atoms with Crippen molar-refractivity contribution in [1.29, 1.82) is 0 Å². The van der Waals surface area contributed by atoms with E-state index in [2.05, 4.69) is 5.32 Å². The molecule has 0 spiro atoms. The number of nitrogens with zero attached hydrogens (tertiary/aromatic N) is 1. The highest BCUT2D eigenvalue weighted by Crippen LogP contribution is 2.26. The van der Waals surface area contributed by atoms with Gasteiger partial charge in [0.05, 0.1) is 10.5 Å². The Morgan fingerprint density at radius 2 is 1.57 bits per heavy atom. The fourth-order valence-corrected chi connectivity index (χ4v) is 2.94. The zero-order chi connectivity index (χ0) is 21.2. The molecule has 2 aromatic rings. The molecule has 0 atom stereocenters. The summed E-state index contributed by atoms with van der Waals surface area (Å²) in [4.78, 5) is 34.4. The van der Waals surface area contributed by atoms with Crippen LogP contribution in [0.25, 0.3) is 0 Å². The van der Waals surface area contributed by atoms with E-state index < -0.39 is 34.9 Å². The molecule has 0 heterocycles. The second kappa shape index (κ2) is 8.16. The maximum absolute atomic E-state index is 13.3. The Kier molecular flexibility index (Phi) is 6.12. The van der Waals surface area contributed by atoms with Crippen LogP contribution in [0.15, 0.2) is 18.2 Å². The van der Waals surface area contributed by atoms with E-state index in [-0.39, 0.29) is 5.69 Å². The number of carbonyl (C=O) groups excluding carboxylic acids is 2. The van der Waals surface area contributed by atoms with E-state index in [0.29, 0.717) is 5.56 Å². The van der Waals surface area contributed by atoms with Gasteiger partial charge in [0.25, 0.3) is 5.91 Å². The van der Waals surface area contributed by atoms with E-state index in [1.165, 1.54) is 6.07 Å². The maximum atomic E-state index is 13.3. The van der Waals surface area contributed by atoms with Gasteiger partial charge in [0.15, 0.2) is 6.61 Å². The number of amides is 1. The molecule has 0 aliphatic carbocycles. The van der Waals surface area contributed by atoms with E-state index in [4.69, 9.17) is 4.74 Å². The fraction of sp³-hybridized carbons (Fsp3) is 0.300. The van der Waals surface area contributed by atoms with Crippen molar-refractivity contribution < 1.29 is 23.6 Å². The molecule has 0 radical (unpaired) electrons. The number of benzene rings is 2. The van der Waals surface area contributed by atoms with Crippen LogP contribution in [-0.2, 0) is 9.53 Å². The van der Waals surface area contributed by atoms with Crippen molar-refractivity contribution in [3.8, 4) is 0 Å². The van der Waals surface area contributed by atoms with Crippen molar-refractivity contribution in [1.82, 2.24) is 0 Å². The first-order valence-electron chi connectivity index (χ1n) is 8.52. The average Bonchev–Trinajstić information content (AvgIpc) is 2.64. The number of rotatable bonds is 5. The zero-order valence-corrected chi connectivity index (χ0v) is 16.3. The summed E-state index contributed by atoms with van der Waals surface area (Å²) in [6, 6.07) is 2.96. The number of nitrogens with one attached hydrogen (secondary N) is 1. The van der Waals surface area contributed by atoms with Gasteiger partial charge in [-0.05, 0) is 74.6 Å². The molecule has 28 heavy (non-hydrogen) atoms. The van der Waals surface area contributed by atoms with E-state index in [1.807, 2.05) is 34.6 Å². The molecule has 148 valence electrons. The number of nitro groups is 1. The van der Waals surface area contributed by atoms with Crippen LogP contribution < -0.4 is 5.32 Å². The third-order valence-corrected chi connectivity index (χ3v) is 4.97. The van der Waals surface area contributed by atoms with Gasteiger partial charge in [-0.1, -0.05) is 0 Å². The summed E-state index contributed by atoms with van der Waals surface area (Å²) in [6.45, 7) is 8.89. The van der Waals surface area contributed by atoms with Crippen molar-refractivity contribution in [3.63, 3.8) is 0 Å². The SMILES string of the molecule is Cc1c(C)c(C)c(C(=O)OCC(=O)Nc2ccc(F)c([N+](=O)[O-])c2)c(C)c1C. The molecular formula is C20H21FN2O5. The van der Waals surface area contributed by atoms with Crippen LogP contribution in [0.1, 0.15) is 38.2 Å². The number of anilines is 1. The lowest BCUT2D eigenvalue weighted by Gasteiger charge is -2.17. The van der Waals surface area contributed by atoms with Crippen LogP contribution in [0.4, 0.5) is 15.8 Å². The summed E-state index contributed by atoms with van der Waals surface area (Å²) < 4.78 is 18.5. The molecule has 0 saturated heterocycles. The predicted octanol–water partition coefficient (Wildman–Crippen LogP) is 4.07. The van der Waals surface area contributed by atoms with E-state index in [0.717, 1.165) is 39.9 Å². The average molecular weight is 388 g/mol. The van der Waals surface area contributed by atoms with Gasteiger partial charge in [-0.3, -0.25) is 14.9 Å². The molecule has 0 fully saturated rings. The quantitative estimate of drug-likeness (QED) is 0.473. The molecule has 0 aromatic heterocycles. The van der Waals surface area contributed by atoms with E-state index in [9.17, 15) is 24.1 Å². The van der Waals surface area contributed by atoms with Crippen molar-refractivity contribution in [2.24, 2.45) is 0 Å². The fourth-order valence-electron chi connectivity index (χ4n) is 2.94. The third kappa shape index (κ3) is 4.16. The number of esters is 1. The highest BCUT2D eigenvalue weighted by Gasteiger charge is 2.21. The highest BCUT2D eigenvalue weighted by molar-refractivity contribution is 5.97. The second-order valence-corrected chi connectivity index (χ2v) is 6.55. The number of ether oxygens (including phenoxy) is 1. The number of halogens is 1. The molecule has 0 unspecified atom stereocenters. The Morgan fingerprint density at radius 3 is 2.11 bits per heavy atom. The molecule has 0 saturated carbocycles. The minimum Gasteiger partial charge on any atom is -0.452 e. The highest BCUT2D eigenvalue weighted by atomic mass is 19.1. The molecule has 0 aliphatic rings. The largest absolute Gasteiger partial charge is 0.452 e. The van der Waals surface area contributed by atoms with Gasteiger partial charge in [-0.2, -0.15) is 4.39 Å². The maximum Gasteiger partial charge on any atom is 0.339 e. The summed E-state index contributed by atoms with van der Waals surface area (Å²) >= 11 is 0. The van der Waals surface area contributed by atoms with Crippen LogP contribution >= 0.6 is 0 Å². The molecule has 1 N–H and O–H groups in total. The molecule has 0 bridgehead atoms. The standard InChI is InChI=1S/C20H21FN2O5/c1-10-11(2)13(4)19(14(5)12(10)3)20(25)28-9-18(24)22-15-6-7-16(21)17(8-15)23(26)27/h6-8H,9H2,1-5H3,(H,22,24). The van der Waals surface area contributed by atoms with Gasteiger partial charge in [0, 0.05) is 11.8 Å². The summed E-state index contributed by atoms with van der Waals surface area (Å²) in [5.41, 5.74) is 4.35. The van der Waals surface area contributed by atoms with Gasteiger partial charge in [0.1, 0.15) is 0 Å². The molecule has 2 rings (SSSR count). The first kappa shape index (κ1) is 21.0. The lowest BCUT2D eigenvalue weighted by Crippen LogP contribution is -2.22. The second-order valence-electron chi connectivity index (χ2n) is 6.55. The molecule has 7 nitrogen and oxygen atoms in total. The van der Waals surface area contributed by atoms with Gasteiger partial charge < -0.3 is 10.1 Å². The molecule has 0 aliphatic heterocycles. The van der Waals surface area contributed by atoms with E-state index in [1.54, 1.807) is 0 Å². The lowest BCUT2D eigenvalue weighted by molar-refractivity contribution is -0.387. The van der Waals surface area contributed by atoms with Crippen LogP contribution in [0, 0.1) is 50.6 Å². The Bertz CT molecular complexity index is 956. The number of nitro benzene ring substituents is 1. The Morgan fingerprint density at radius 1 is 1.04 bits per heavy atom. The van der Waals surface area contributed by atoms with Crippen molar-refractivity contribution in [3.05, 3.63) is 67.5 Å². The van der Waals surface area contributed by atoms with Crippen molar-refractivity contribution in [2.75, 3.05) is 11.9 Å². The van der Waals surface area contributed by atoms with Crippen molar-refractivity contribution >= 4 is 23.3 Å². The van der Waals surface area contributed by atoms with Crippen LogP contribution in [0.2, 0.25) is 0 Å². The first-order valence-corrected chi connectivity index (χ1v) is 8.52. The number of hydrogen-bond donors (Lipinski definition) is 1. The minimum atomic E-state index is -1.01. The van der Waals surface area contributed by atoms with Crippen LogP contribution in [0.5, 0.6) is 0 Å². The van der Waals surface area contributed by atoms with Gasteiger partial charge in [-0.15, -0.1) is 0 Å². The summed E-state index contributed by atoms with van der Waals surface area (Å²) in [7, 11) is 0. The predicted molar refractivity (Wildman–Crippen MR) is 102 cm³/mol. The topological polar surface area (TPSA) is 98.5 Å². The van der Waals surface area contributed by atoms with Gasteiger partial charge in [-0.25, -0.2) is 4.79 Å². The summed E-state index contributed by atoms with van der Waals surface area (Å²) in [5, 5.41) is 13.1. The van der Waals surface area contributed by atoms with Gasteiger partial charge >= 0.3 is 11.7 Å². The Balaban J connectivity index is 2.11. The smallest absolute Gasteiger partial charge is 0.339 e. The Labute approximate surface area is 161 Å². The first-order chi connectivity index (χ1) is 13.0. The molecular weight excluding hydrogens is 367 g/mol. The van der Waals surface area contributed by atoms with Crippen LogP contribution in [-0.4, -0.2) is 23.4 Å². The minimum absolute atomic E-state index is 0.0311. The van der Waals surface area contributed by atoms with Crippen LogP contribution in [0.3, 0.4) is 0 Å². The number of hydrogen-bond acceptors (Lipinski definition) is 5. The number of carbonyl (C=O) groups is 2. The Hall–Kier alpha value is -3.29. The zero-order valence-electron chi connectivity index (χ0n) is 16.3. The molecule has 8 heteroatoms.